The van der Waals surface area contributed by atoms with Crippen LogP contribution in [-0.4, -0.2) is 49.1 Å². The maximum Gasteiger partial charge on any atom is 0.355 e. The zero-order chi connectivity index (χ0) is 24.1. The molecule has 0 atom stereocenters. The van der Waals surface area contributed by atoms with Crippen LogP contribution in [0, 0.1) is 20.2 Å². The van der Waals surface area contributed by atoms with Gasteiger partial charge in [0.2, 0.25) is 0 Å². The molecule has 174 valence electrons. The van der Waals surface area contributed by atoms with E-state index in [1.165, 1.54) is 30.5 Å². The number of nitro benzene ring substituents is 2. The van der Waals surface area contributed by atoms with E-state index in [0.717, 1.165) is 44.4 Å². The molecule has 1 fully saturated rings. The van der Waals surface area contributed by atoms with E-state index in [4.69, 9.17) is 9.47 Å². The summed E-state index contributed by atoms with van der Waals surface area (Å²) in [7, 11) is 2.23. The quantitative estimate of drug-likeness (QED) is 0.354. The Hall–Kier alpha value is -4.22. The van der Waals surface area contributed by atoms with Crippen molar-refractivity contribution in [1.29, 1.82) is 0 Å². The maximum absolute atomic E-state index is 12.7. The van der Waals surface area contributed by atoms with Crippen molar-refractivity contribution in [3.05, 3.63) is 68.1 Å². The topological polar surface area (TPSA) is 145 Å². The maximum atomic E-state index is 12.7. The Morgan fingerprint density at radius 2 is 1.48 bits per heavy atom. The third kappa shape index (κ3) is 4.68. The van der Waals surface area contributed by atoms with Crippen LogP contribution in [0.2, 0.25) is 0 Å². The number of anilines is 2. The Labute approximate surface area is 188 Å². The van der Waals surface area contributed by atoms with Gasteiger partial charge in [-0.2, -0.15) is 0 Å². The first kappa shape index (κ1) is 23.4. The standard InChI is InChI=1S/C21H22N4O8/c1-32-20(26)14-8-4-7-11-23(19(14)21(27)33-2)16-12-15(22-9-5-3-6-10-22)17(24(28)29)13-18(16)25(30)31/h4,7-8,11-13H,3,5-6,9-10H2,1-2H3. The summed E-state index contributed by atoms with van der Waals surface area (Å²) in [5, 5.41) is 23.7. The number of piperidine rings is 1. The highest BCUT2D eigenvalue weighted by atomic mass is 16.6. The van der Waals surface area contributed by atoms with Crippen molar-refractivity contribution in [2.75, 3.05) is 37.1 Å². The Morgan fingerprint density at radius 1 is 0.879 bits per heavy atom. The summed E-state index contributed by atoms with van der Waals surface area (Å²) in [4.78, 5) is 50.2. The second kappa shape index (κ2) is 9.94. The fourth-order valence-electron chi connectivity index (χ4n) is 3.78. The molecule has 2 heterocycles. The molecule has 0 saturated carbocycles. The smallest absolute Gasteiger partial charge is 0.355 e. The fourth-order valence-corrected chi connectivity index (χ4v) is 3.78. The lowest BCUT2D eigenvalue weighted by Gasteiger charge is -2.30. The molecule has 0 bridgehead atoms. The second-order valence-electron chi connectivity index (χ2n) is 7.21. The van der Waals surface area contributed by atoms with Crippen LogP contribution in [0.5, 0.6) is 0 Å². The second-order valence-corrected chi connectivity index (χ2v) is 7.21. The van der Waals surface area contributed by atoms with Crippen LogP contribution in [0.3, 0.4) is 0 Å². The Balaban J connectivity index is 2.32. The van der Waals surface area contributed by atoms with Crippen LogP contribution >= 0.6 is 0 Å². The lowest BCUT2D eigenvalue weighted by atomic mass is 10.1. The largest absolute Gasteiger partial charge is 0.465 e. The minimum Gasteiger partial charge on any atom is -0.465 e. The summed E-state index contributed by atoms with van der Waals surface area (Å²) in [6.07, 6.45) is 8.18. The molecule has 1 aromatic carbocycles. The first-order valence-electron chi connectivity index (χ1n) is 10.1. The van der Waals surface area contributed by atoms with E-state index in [2.05, 4.69) is 0 Å². The summed E-state index contributed by atoms with van der Waals surface area (Å²) in [6.45, 7) is 1.09. The molecule has 0 aromatic heterocycles. The molecule has 0 unspecified atom stereocenters. The third-order valence-corrected chi connectivity index (χ3v) is 5.31. The molecule has 1 aromatic rings. The number of hydrogen-bond acceptors (Lipinski definition) is 10. The van der Waals surface area contributed by atoms with Crippen molar-refractivity contribution in [3.63, 3.8) is 0 Å². The SMILES string of the molecule is COC(=O)C1=C(C(=O)OC)N(c2cc(N3CCCCC3)c([N+](=O)[O-])cc2[N+](=O)[O-])C=CC=C1. The number of allylic oxidation sites excluding steroid dienone is 2. The summed E-state index contributed by atoms with van der Waals surface area (Å²) < 4.78 is 9.59. The highest BCUT2D eigenvalue weighted by Gasteiger charge is 2.35. The van der Waals surface area contributed by atoms with Crippen LogP contribution in [-0.2, 0) is 19.1 Å². The van der Waals surface area contributed by atoms with Crippen LogP contribution < -0.4 is 9.80 Å². The van der Waals surface area contributed by atoms with Gasteiger partial charge in [-0.3, -0.25) is 20.2 Å². The predicted octanol–water partition coefficient (Wildman–Crippen LogP) is 2.98. The zero-order valence-corrected chi connectivity index (χ0v) is 18.1. The monoisotopic (exact) mass is 458 g/mol. The first-order valence-corrected chi connectivity index (χ1v) is 10.1. The molecule has 0 radical (unpaired) electrons. The van der Waals surface area contributed by atoms with E-state index in [9.17, 15) is 29.8 Å². The Kier molecular flexibility index (Phi) is 7.06. The summed E-state index contributed by atoms with van der Waals surface area (Å²) in [5.41, 5.74) is -1.49. The van der Waals surface area contributed by atoms with Crippen molar-refractivity contribution in [2.24, 2.45) is 0 Å². The molecular formula is C21H22N4O8. The van der Waals surface area contributed by atoms with E-state index in [1.807, 2.05) is 0 Å². The van der Waals surface area contributed by atoms with Crippen molar-refractivity contribution in [1.82, 2.24) is 0 Å². The molecular weight excluding hydrogens is 436 g/mol. The van der Waals surface area contributed by atoms with Crippen molar-refractivity contribution in [2.45, 2.75) is 19.3 Å². The van der Waals surface area contributed by atoms with Gasteiger partial charge in [-0.05, 0) is 37.5 Å². The van der Waals surface area contributed by atoms with Crippen LogP contribution in [0.1, 0.15) is 19.3 Å². The van der Waals surface area contributed by atoms with Gasteiger partial charge in [-0.25, -0.2) is 9.59 Å². The number of rotatable bonds is 6. The van der Waals surface area contributed by atoms with E-state index < -0.39 is 33.2 Å². The van der Waals surface area contributed by atoms with Crippen molar-refractivity contribution < 1.29 is 28.9 Å². The van der Waals surface area contributed by atoms with Gasteiger partial charge in [0.05, 0.1) is 35.7 Å². The van der Waals surface area contributed by atoms with Gasteiger partial charge >= 0.3 is 11.9 Å². The van der Waals surface area contributed by atoms with E-state index >= 15 is 0 Å². The van der Waals surface area contributed by atoms with Gasteiger partial charge < -0.3 is 19.3 Å². The Bertz CT molecular complexity index is 1090. The molecule has 0 N–H and O–H groups in total. The number of hydrogen-bond donors (Lipinski definition) is 0. The number of ether oxygens (including phenoxy) is 2. The lowest BCUT2D eigenvalue weighted by Crippen LogP contribution is -2.31. The summed E-state index contributed by atoms with van der Waals surface area (Å²) in [5.74, 6) is -1.81. The summed E-state index contributed by atoms with van der Waals surface area (Å²) >= 11 is 0. The van der Waals surface area contributed by atoms with Crippen molar-refractivity contribution in [3.8, 4) is 0 Å². The molecule has 12 nitrogen and oxygen atoms in total. The third-order valence-electron chi connectivity index (χ3n) is 5.31. The molecule has 33 heavy (non-hydrogen) atoms. The van der Waals surface area contributed by atoms with E-state index in [-0.39, 0.29) is 22.6 Å². The highest BCUT2D eigenvalue weighted by Crippen LogP contribution is 2.42. The molecule has 0 aliphatic carbocycles. The number of methoxy groups -OCH3 is 2. The number of esters is 2. The van der Waals surface area contributed by atoms with Crippen LogP contribution in [0.15, 0.2) is 47.8 Å². The van der Waals surface area contributed by atoms with Gasteiger partial charge in [0.15, 0.2) is 0 Å². The van der Waals surface area contributed by atoms with E-state index in [1.54, 1.807) is 4.90 Å². The first-order chi connectivity index (χ1) is 15.8. The number of nitro groups is 2. The highest BCUT2D eigenvalue weighted by molar-refractivity contribution is 6.06. The van der Waals surface area contributed by atoms with Gasteiger partial charge in [0.25, 0.3) is 11.4 Å². The number of carbonyl (C=O) groups is 2. The molecule has 0 spiro atoms. The van der Waals surface area contributed by atoms with Gasteiger partial charge in [0.1, 0.15) is 17.1 Å². The molecule has 2 aliphatic rings. The van der Waals surface area contributed by atoms with Gasteiger partial charge in [-0.1, -0.05) is 6.08 Å². The van der Waals surface area contributed by atoms with Gasteiger partial charge in [0, 0.05) is 19.3 Å². The van der Waals surface area contributed by atoms with Crippen LogP contribution in [0.25, 0.3) is 0 Å². The number of benzene rings is 1. The average Bonchev–Trinajstić information content (AvgIpc) is 3.05. The molecule has 1 saturated heterocycles. The number of carbonyl (C=O) groups excluding carboxylic acids is 2. The zero-order valence-electron chi connectivity index (χ0n) is 18.1. The molecule has 12 heteroatoms. The minimum atomic E-state index is -0.946. The number of nitrogens with zero attached hydrogens (tertiary/aromatic N) is 4. The van der Waals surface area contributed by atoms with Crippen molar-refractivity contribution >= 4 is 34.7 Å². The fraction of sp³-hybridized carbons (Fsp3) is 0.333. The summed E-state index contributed by atoms with van der Waals surface area (Å²) in [6, 6.07) is 2.17. The molecule has 3 rings (SSSR count). The van der Waals surface area contributed by atoms with Gasteiger partial charge in [-0.15, -0.1) is 0 Å². The Morgan fingerprint density at radius 3 is 2.06 bits per heavy atom. The lowest BCUT2D eigenvalue weighted by molar-refractivity contribution is -0.393. The van der Waals surface area contributed by atoms with E-state index in [0.29, 0.717) is 13.1 Å². The normalized spacial score (nSPS) is 15.8. The molecule has 0 amide bonds. The predicted molar refractivity (Wildman–Crippen MR) is 118 cm³/mol. The van der Waals surface area contributed by atoms with Crippen LogP contribution in [0.4, 0.5) is 22.7 Å². The minimum absolute atomic E-state index is 0.132. The molecule has 2 aliphatic heterocycles. The average molecular weight is 458 g/mol.